The molecule has 122 valence electrons. The van der Waals surface area contributed by atoms with Gasteiger partial charge in [-0.25, -0.2) is 0 Å². The number of nitrogens with one attached hydrogen (secondary N) is 1. The van der Waals surface area contributed by atoms with Gasteiger partial charge >= 0.3 is 0 Å². The van der Waals surface area contributed by atoms with Crippen LogP contribution in [0.3, 0.4) is 0 Å². The molecule has 2 amide bonds. The third kappa shape index (κ3) is 4.36. The summed E-state index contributed by atoms with van der Waals surface area (Å²) in [6, 6.07) is 4.41. The third-order valence-electron chi connectivity index (χ3n) is 3.54. The van der Waals surface area contributed by atoms with Crippen molar-refractivity contribution in [1.29, 1.82) is 0 Å². The smallest absolute Gasteiger partial charge is 0.271 e. The van der Waals surface area contributed by atoms with Gasteiger partial charge in [0, 0.05) is 37.7 Å². The first-order chi connectivity index (χ1) is 10.9. The Hall–Kier alpha value is -2.74. The van der Waals surface area contributed by atoms with Crippen LogP contribution in [0.15, 0.2) is 24.3 Å². The lowest BCUT2D eigenvalue weighted by molar-refractivity contribution is -0.384. The molecule has 0 radical (unpaired) electrons. The molecule has 0 saturated heterocycles. The van der Waals surface area contributed by atoms with Crippen molar-refractivity contribution in [1.82, 2.24) is 4.90 Å². The number of hydrogen-bond acceptors (Lipinski definition) is 5. The Kier molecular flexibility index (Phi) is 5.07. The number of nitrogens with zero attached hydrogens (tertiary/aromatic N) is 2. The van der Waals surface area contributed by atoms with Gasteiger partial charge < -0.3 is 11.1 Å². The van der Waals surface area contributed by atoms with Crippen LogP contribution < -0.4 is 11.1 Å². The van der Waals surface area contributed by atoms with Gasteiger partial charge in [0.05, 0.1) is 17.2 Å². The molecule has 0 atom stereocenters. The van der Waals surface area contributed by atoms with Crippen molar-refractivity contribution in [3.63, 3.8) is 0 Å². The van der Waals surface area contributed by atoms with Gasteiger partial charge in [0.2, 0.25) is 11.8 Å². The predicted molar refractivity (Wildman–Crippen MR) is 85.6 cm³/mol. The average molecular weight is 318 g/mol. The fourth-order valence-corrected chi connectivity index (χ4v) is 2.54. The van der Waals surface area contributed by atoms with E-state index in [1.54, 1.807) is 6.07 Å². The summed E-state index contributed by atoms with van der Waals surface area (Å²) in [5.41, 5.74) is 7.25. The molecule has 1 aromatic rings. The van der Waals surface area contributed by atoms with Crippen LogP contribution in [0.5, 0.6) is 0 Å². The van der Waals surface area contributed by atoms with Crippen molar-refractivity contribution in [2.45, 2.75) is 13.3 Å². The Labute approximate surface area is 133 Å². The zero-order valence-corrected chi connectivity index (χ0v) is 12.7. The summed E-state index contributed by atoms with van der Waals surface area (Å²) in [5, 5.41) is 13.5. The zero-order chi connectivity index (χ0) is 17.0. The van der Waals surface area contributed by atoms with Gasteiger partial charge in [-0.2, -0.15) is 0 Å². The minimum Gasteiger partial charge on any atom is -0.369 e. The number of hydrogen-bond donors (Lipinski definition) is 2. The van der Waals surface area contributed by atoms with Crippen LogP contribution in [0, 0.1) is 10.1 Å². The summed E-state index contributed by atoms with van der Waals surface area (Å²) in [6.07, 6.45) is 2.61. The summed E-state index contributed by atoms with van der Waals surface area (Å²) < 4.78 is 0. The molecule has 0 bridgehead atoms. The van der Waals surface area contributed by atoms with E-state index in [1.807, 2.05) is 11.0 Å². The van der Waals surface area contributed by atoms with Crippen molar-refractivity contribution >= 4 is 28.8 Å². The van der Waals surface area contributed by atoms with E-state index in [2.05, 4.69) is 5.32 Å². The fourth-order valence-electron chi connectivity index (χ4n) is 2.54. The van der Waals surface area contributed by atoms with Gasteiger partial charge in [0.15, 0.2) is 0 Å². The molecule has 0 unspecified atom stereocenters. The molecular formula is C15H18N4O4. The highest BCUT2D eigenvalue weighted by atomic mass is 16.6. The first-order valence-electron chi connectivity index (χ1n) is 7.13. The number of primary amides is 1. The molecule has 8 heteroatoms. The Morgan fingerprint density at radius 2 is 2.17 bits per heavy atom. The zero-order valence-electron chi connectivity index (χ0n) is 12.7. The van der Waals surface area contributed by atoms with Crippen LogP contribution in [0.1, 0.15) is 18.9 Å². The molecule has 0 fully saturated rings. The van der Waals surface area contributed by atoms with E-state index in [0.29, 0.717) is 25.2 Å². The first kappa shape index (κ1) is 16.6. The lowest BCUT2D eigenvalue weighted by Crippen LogP contribution is -2.36. The Bertz CT molecular complexity index is 684. The number of anilines is 1. The highest BCUT2D eigenvalue weighted by molar-refractivity contribution is 5.93. The fraction of sp³-hybridized carbons (Fsp3) is 0.333. The van der Waals surface area contributed by atoms with Crippen LogP contribution in [0.4, 0.5) is 11.4 Å². The van der Waals surface area contributed by atoms with Gasteiger partial charge in [0.25, 0.3) is 5.69 Å². The minimum absolute atomic E-state index is 0.0794. The Morgan fingerprint density at radius 1 is 1.43 bits per heavy atom. The van der Waals surface area contributed by atoms with Gasteiger partial charge in [0.1, 0.15) is 0 Å². The number of carbonyl (C=O) groups is 2. The molecule has 23 heavy (non-hydrogen) atoms. The molecule has 8 nitrogen and oxygen atoms in total. The van der Waals surface area contributed by atoms with Gasteiger partial charge in [-0.1, -0.05) is 6.08 Å². The second-order valence-corrected chi connectivity index (χ2v) is 5.35. The topological polar surface area (TPSA) is 119 Å². The molecule has 0 spiro atoms. The highest BCUT2D eigenvalue weighted by Gasteiger charge is 2.19. The summed E-state index contributed by atoms with van der Waals surface area (Å²) >= 11 is 0. The van der Waals surface area contributed by atoms with Crippen LogP contribution in [-0.4, -0.2) is 41.3 Å². The van der Waals surface area contributed by atoms with Crippen molar-refractivity contribution in [3.05, 3.63) is 40.0 Å². The van der Waals surface area contributed by atoms with E-state index in [0.717, 1.165) is 11.1 Å². The Morgan fingerprint density at radius 3 is 2.70 bits per heavy atom. The first-order valence-corrected chi connectivity index (χ1v) is 7.13. The van der Waals surface area contributed by atoms with E-state index >= 15 is 0 Å². The molecule has 0 aromatic heterocycles. The Balaban J connectivity index is 2.28. The van der Waals surface area contributed by atoms with Crippen LogP contribution >= 0.6 is 0 Å². The van der Waals surface area contributed by atoms with Crippen molar-refractivity contribution in [2.75, 3.05) is 25.0 Å². The highest BCUT2D eigenvalue weighted by Crippen LogP contribution is 2.31. The molecule has 0 saturated carbocycles. The van der Waals surface area contributed by atoms with Crippen molar-refractivity contribution in [3.8, 4) is 0 Å². The normalized spacial score (nSPS) is 14.9. The summed E-state index contributed by atoms with van der Waals surface area (Å²) in [4.78, 5) is 34.6. The number of non-ortho nitro benzene ring substituents is 1. The lowest BCUT2D eigenvalue weighted by atomic mass is 9.97. The van der Waals surface area contributed by atoms with Crippen LogP contribution in [0.2, 0.25) is 0 Å². The number of nitro groups is 1. The summed E-state index contributed by atoms with van der Waals surface area (Å²) in [6.45, 7) is 2.77. The largest absolute Gasteiger partial charge is 0.369 e. The molecule has 1 aromatic carbocycles. The molecule has 0 aliphatic carbocycles. The van der Waals surface area contributed by atoms with Gasteiger partial charge in [-0.05, 0) is 18.1 Å². The quantitative estimate of drug-likeness (QED) is 0.623. The SMILES string of the molecule is CC(=O)Nc1cc([N+](=O)[O-])ccc1C1=CCN(CC(N)=O)CC1. The van der Waals surface area contributed by atoms with E-state index in [4.69, 9.17) is 5.73 Å². The second-order valence-electron chi connectivity index (χ2n) is 5.35. The maximum absolute atomic E-state index is 11.3. The summed E-state index contributed by atoms with van der Waals surface area (Å²) in [7, 11) is 0. The van der Waals surface area contributed by atoms with E-state index in [1.165, 1.54) is 19.1 Å². The molecule has 2 rings (SSSR count). The molecule has 1 heterocycles. The number of nitrogens with two attached hydrogens (primary N) is 1. The van der Waals surface area contributed by atoms with Gasteiger partial charge in [-0.15, -0.1) is 0 Å². The standard InChI is InChI=1S/C15H18N4O4/c1-10(20)17-14-8-12(19(22)23)2-3-13(14)11-4-6-18(7-5-11)9-15(16)21/h2-4,8H,5-7,9H2,1H3,(H2,16,21)(H,17,20). The third-order valence-corrected chi connectivity index (χ3v) is 3.54. The maximum atomic E-state index is 11.3. The van der Waals surface area contributed by atoms with E-state index in [9.17, 15) is 19.7 Å². The average Bonchev–Trinajstić information content (AvgIpc) is 2.47. The molecule has 1 aliphatic rings. The van der Waals surface area contributed by atoms with Crippen LogP contribution in [-0.2, 0) is 9.59 Å². The number of amides is 2. The number of nitro benzene ring substituents is 1. The molecule has 1 aliphatic heterocycles. The number of benzene rings is 1. The monoisotopic (exact) mass is 318 g/mol. The predicted octanol–water partition coefficient (Wildman–Crippen LogP) is 1.13. The van der Waals surface area contributed by atoms with Gasteiger partial charge in [-0.3, -0.25) is 24.6 Å². The molecular weight excluding hydrogens is 300 g/mol. The maximum Gasteiger partial charge on any atom is 0.271 e. The number of carbonyl (C=O) groups excluding carboxylic acids is 2. The lowest BCUT2D eigenvalue weighted by Gasteiger charge is -2.26. The second kappa shape index (κ2) is 7.01. The van der Waals surface area contributed by atoms with Crippen LogP contribution in [0.25, 0.3) is 5.57 Å². The molecule has 3 N–H and O–H groups in total. The minimum atomic E-state index is -0.501. The number of rotatable bonds is 5. The van der Waals surface area contributed by atoms with Crippen molar-refractivity contribution in [2.24, 2.45) is 5.73 Å². The van der Waals surface area contributed by atoms with E-state index in [-0.39, 0.29) is 24.0 Å². The summed E-state index contributed by atoms with van der Waals surface area (Å²) in [5.74, 6) is -0.672. The van der Waals surface area contributed by atoms with Crippen molar-refractivity contribution < 1.29 is 14.5 Å². The van der Waals surface area contributed by atoms with E-state index < -0.39 is 4.92 Å².